The molecular formula is C18H22N4O2. The van der Waals surface area contributed by atoms with Gasteiger partial charge >= 0.3 is 0 Å². The van der Waals surface area contributed by atoms with Crippen LogP contribution in [0.15, 0.2) is 24.3 Å². The molecule has 0 atom stereocenters. The van der Waals surface area contributed by atoms with Crippen LogP contribution in [0.3, 0.4) is 0 Å². The fourth-order valence-electron chi connectivity index (χ4n) is 2.16. The third kappa shape index (κ3) is 4.16. The summed E-state index contributed by atoms with van der Waals surface area (Å²) >= 11 is 0. The van der Waals surface area contributed by atoms with E-state index in [9.17, 15) is 9.59 Å². The van der Waals surface area contributed by atoms with Crippen molar-refractivity contribution in [3.63, 3.8) is 0 Å². The minimum absolute atomic E-state index is 0.0257. The molecule has 24 heavy (non-hydrogen) atoms. The second-order valence-corrected chi connectivity index (χ2v) is 6.04. The summed E-state index contributed by atoms with van der Waals surface area (Å²) in [5.74, 6) is -0.861. The minimum Gasteiger partial charge on any atom is -0.348 e. The average Bonchev–Trinajstić information content (AvgIpc) is 2.48. The molecule has 0 aliphatic rings. The Labute approximate surface area is 141 Å². The number of hydrogen-bond acceptors (Lipinski definition) is 4. The summed E-state index contributed by atoms with van der Waals surface area (Å²) < 4.78 is 0. The first kappa shape index (κ1) is 17.6. The standard InChI is InChI=1S/C18H22N4O2/c1-10(2)19-17(23)15-16(21-13(5)12(4)20-15)18(24)22-14-8-6-7-11(3)9-14/h6-10H,1-5H3,(H,19,23)(H,22,24). The number of aryl methyl sites for hydroxylation is 3. The molecule has 0 bridgehead atoms. The van der Waals surface area contributed by atoms with Crippen LogP contribution in [-0.2, 0) is 0 Å². The third-order valence-electron chi connectivity index (χ3n) is 3.43. The van der Waals surface area contributed by atoms with Gasteiger partial charge in [0, 0.05) is 11.7 Å². The first-order valence-electron chi connectivity index (χ1n) is 7.82. The molecule has 1 heterocycles. The molecule has 126 valence electrons. The molecule has 2 aromatic rings. The van der Waals surface area contributed by atoms with E-state index in [-0.39, 0.29) is 17.4 Å². The number of aromatic nitrogens is 2. The maximum Gasteiger partial charge on any atom is 0.276 e. The zero-order chi connectivity index (χ0) is 17.9. The maximum absolute atomic E-state index is 12.6. The highest BCUT2D eigenvalue weighted by Crippen LogP contribution is 2.14. The monoisotopic (exact) mass is 326 g/mol. The zero-order valence-corrected chi connectivity index (χ0v) is 14.6. The van der Waals surface area contributed by atoms with Crippen LogP contribution in [0.5, 0.6) is 0 Å². The van der Waals surface area contributed by atoms with E-state index >= 15 is 0 Å². The van der Waals surface area contributed by atoms with Crippen LogP contribution in [0.1, 0.15) is 51.8 Å². The number of benzene rings is 1. The van der Waals surface area contributed by atoms with E-state index in [1.165, 1.54) is 0 Å². The molecule has 0 saturated carbocycles. The van der Waals surface area contributed by atoms with Crippen molar-refractivity contribution in [1.82, 2.24) is 15.3 Å². The predicted octanol–water partition coefficient (Wildman–Crippen LogP) is 2.79. The molecule has 6 heteroatoms. The number of hydrogen-bond donors (Lipinski definition) is 2. The van der Waals surface area contributed by atoms with Gasteiger partial charge in [-0.2, -0.15) is 0 Å². The average molecular weight is 326 g/mol. The van der Waals surface area contributed by atoms with E-state index in [2.05, 4.69) is 20.6 Å². The van der Waals surface area contributed by atoms with Crippen LogP contribution in [-0.4, -0.2) is 27.8 Å². The molecule has 2 rings (SSSR count). The molecule has 0 saturated heterocycles. The molecule has 0 fully saturated rings. The highest BCUT2D eigenvalue weighted by atomic mass is 16.2. The molecule has 2 amide bonds. The fourth-order valence-corrected chi connectivity index (χ4v) is 2.16. The van der Waals surface area contributed by atoms with Gasteiger partial charge in [0.1, 0.15) is 0 Å². The molecule has 1 aromatic carbocycles. The normalized spacial score (nSPS) is 10.6. The van der Waals surface area contributed by atoms with Crippen molar-refractivity contribution >= 4 is 17.5 Å². The molecular weight excluding hydrogens is 304 g/mol. The Morgan fingerprint density at radius 3 is 2.08 bits per heavy atom. The highest BCUT2D eigenvalue weighted by Gasteiger charge is 2.22. The molecule has 6 nitrogen and oxygen atoms in total. The number of carbonyl (C=O) groups excluding carboxylic acids is 2. The Balaban J connectivity index is 2.38. The number of nitrogens with zero attached hydrogens (tertiary/aromatic N) is 2. The van der Waals surface area contributed by atoms with E-state index in [0.29, 0.717) is 17.1 Å². The number of amides is 2. The minimum atomic E-state index is -0.454. The largest absolute Gasteiger partial charge is 0.348 e. The quantitative estimate of drug-likeness (QED) is 0.905. The lowest BCUT2D eigenvalue weighted by Crippen LogP contribution is -2.33. The van der Waals surface area contributed by atoms with Gasteiger partial charge in [0.25, 0.3) is 11.8 Å². The molecule has 0 aliphatic heterocycles. The Hall–Kier alpha value is -2.76. The van der Waals surface area contributed by atoms with Crippen LogP contribution in [0.2, 0.25) is 0 Å². The van der Waals surface area contributed by atoms with E-state index < -0.39 is 11.8 Å². The lowest BCUT2D eigenvalue weighted by Gasteiger charge is -2.13. The SMILES string of the molecule is Cc1cccc(NC(=O)c2nc(C)c(C)nc2C(=O)NC(C)C)c1. The van der Waals surface area contributed by atoms with Crippen LogP contribution >= 0.6 is 0 Å². The van der Waals surface area contributed by atoms with Crippen molar-refractivity contribution < 1.29 is 9.59 Å². The van der Waals surface area contributed by atoms with Gasteiger partial charge in [-0.15, -0.1) is 0 Å². The second-order valence-electron chi connectivity index (χ2n) is 6.04. The van der Waals surface area contributed by atoms with E-state index in [4.69, 9.17) is 0 Å². The summed E-state index contributed by atoms with van der Waals surface area (Å²) in [6.07, 6.45) is 0. The third-order valence-corrected chi connectivity index (χ3v) is 3.43. The topological polar surface area (TPSA) is 84.0 Å². The molecule has 2 N–H and O–H groups in total. The van der Waals surface area contributed by atoms with Gasteiger partial charge in [-0.25, -0.2) is 9.97 Å². The second kappa shape index (κ2) is 7.21. The first-order valence-corrected chi connectivity index (χ1v) is 7.82. The van der Waals surface area contributed by atoms with E-state index in [1.54, 1.807) is 19.9 Å². The van der Waals surface area contributed by atoms with E-state index in [1.807, 2.05) is 39.0 Å². The Morgan fingerprint density at radius 2 is 1.54 bits per heavy atom. The first-order chi connectivity index (χ1) is 11.3. The van der Waals surface area contributed by atoms with E-state index in [0.717, 1.165) is 5.56 Å². The lowest BCUT2D eigenvalue weighted by atomic mass is 10.2. The van der Waals surface area contributed by atoms with Gasteiger partial charge in [0.15, 0.2) is 11.4 Å². The number of anilines is 1. The summed E-state index contributed by atoms with van der Waals surface area (Å²) in [5.41, 5.74) is 2.98. The van der Waals surface area contributed by atoms with Crippen LogP contribution in [0.4, 0.5) is 5.69 Å². The van der Waals surface area contributed by atoms with Crippen molar-refractivity contribution in [3.8, 4) is 0 Å². The van der Waals surface area contributed by atoms with Gasteiger partial charge in [-0.3, -0.25) is 9.59 Å². The summed E-state index contributed by atoms with van der Waals surface area (Å²) in [6.45, 7) is 9.15. The molecule has 1 aromatic heterocycles. The number of rotatable bonds is 4. The van der Waals surface area contributed by atoms with Crippen LogP contribution in [0, 0.1) is 20.8 Å². The van der Waals surface area contributed by atoms with Crippen molar-refractivity contribution in [3.05, 3.63) is 52.6 Å². The van der Waals surface area contributed by atoms with Gasteiger partial charge in [0.05, 0.1) is 11.4 Å². The van der Waals surface area contributed by atoms with Gasteiger partial charge in [0.2, 0.25) is 0 Å². The maximum atomic E-state index is 12.6. The number of nitrogens with one attached hydrogen (secondary N) is 2. The van der Waals surface area contributed by atoms with Crippen molar-refractivity contribution in [2.24, 2.45) is 0 Å². The molecule has 0 aliphatic carbocycles. The van der Waals surface area contributed by atoms with Gasteiger partial charge < -0.3 is 10.6 Å². The van der Waals surface area contributed by atoms with Crippen molar-refractivity contribution in [1.29, 1.82) is 0 Å². The summed E-state index contributed by atoms with van der Waals surface area (Å²) in [6, 6.07) is 7.36. The Bertz CT molecular complexity index is 785. The fraction of sp³-hybridized carbons (Fsp3) is 0.333. The molecule has 0 radical (unpaired) electrons. The zero-order valence-electron chi connectivity index (χ0n) is 14.6. The van der Waals surface area contributed by atoms with Crippen LogP contribution in [0.25, 0.3) is 0 Å². The highest BCUT2D eigenvalue weighted by molar-refractivity contribution is 6.10. The summed E-state index contributed by atoms with van der Waals surface area (Å²) in [7, 11) is 0. The summed E-state index contributed by atoms with van der Waals surface area (Å²) in [4.78, 5) is 33.5. The Morgan fingerprint density at radius 1 is 0.958 bits per heavy atom. The molecule has 0 unspecified atom stereocenters. The van der Waals surface area contributed by atoms with Gasteiger partial charge in [-0.05, 0) is 52.3 Å². The smallest absolute Gasteiger partial charge is 0.276 e. The predicted molar refractivity (Wildman–Crippen MR) is 93.2 cm³/mol. The molecule has 0 spiro atoms. The van der Waals surface area contributed by atoms with Gasteiger partial charge in [-0.1, -0.05) is 12.1 Å². The lowest BCUT2D eigenvalue weighted by molar-refractivity contribution is 0.0923. The Kier molecular flexibility index (Phi) is 5.28. The summed E-state index contributed by atoms with van der Waals surface area (Å²) in [5, 5.41) is 5.53. The van der Waals surface area contributed by atoms with Crippen molar-refractivity contribution in [2.75, 3.05) is 5.32 Å². The number of carbonyl (C=O) groups is 2. The van der Waals surface area contributed by atoms with Crippen LogP contribution < -0.4 is 10.6 Å². The van der Waals surface area contributed by atoms with Crippen molar-refractivity contribution in [2.45, 2.75) is 40.7 Å².